The molecule has 2 heterocycles. The summed E-state index contributed by atoms with van der Waals surface area (Å²) in [5.41, 5.74) is -0.0727. The summed E-state index contributed by atoms with van der Waals surface area (Å²) in [6.45, 7) is 3.12. The Labute approximate surface area is 122 Å². The number of carboxylic acids is 1. The highest BCUT2D eigenvalue weighted by Crippen LogP contribution is 2.29. The van der Waals surface area contributed by atoms with Crippen molar-refractivity contribution >= 4 is 12.0 Å². The number of hydrogen-bond acceptors (Lipinski definition) is 4. The number of hydrogen-bond donors (Lipinski definition) is 2. The molecule has 1 atom stereocenters. The number of carbonyl (C=O) groups is 2. The van der Waals surface area contributed by atoms with Crippen LogP contribution < -0.4 is 5.32 Å². The molecule has 2 aliphatic rings. The minimum absolute atomic E-state index is 0.00959. The Morgan fingerprint density at radius 1 is 1.43 bits per heavy atom. The topological polar surface area (TPSA) is 100 Å². The van der Waals surface area contributed by atoms with Gasteiger partial charge in [0.05, 0.1) is 12.2 Å². The van der Waals surface area contributed by atoms with Gasteiger partial charge in [-0.3, -0.25) is 0 Å². The van der Waals surface area contributed by atoms with Crippen LogP contribution in [-0.4, -0.2) is 56.1 Å². The predicted molar refractivity (Wildman–Crippen MR) is 72.9 cm³/mol. The Balaban J connectivity index is 1.48. The van der Waals surface area contributed by atoms with Crippen molar-refractivity contribution < 1.29 is 14.7 Å². The Bertz CT molecular complexity index is 548. The second-order valence-corrected chi connectivity index (χ2v) is 5.88. The number of aromatic nitrogens is 3. The molecule has 0 bridgehead atoms. The van der Waals surface area contributed by atoms with Crippen molar-refractivity contribution in [2.45, 2.75) is 38.3 Å². The third-order valence-electron chi connectivity index (χ3n) is 4.46. The van der Waals surface area contributed by atoms with Gasteiger partial charge < -0.3 is 15.3 Å². The zero-order valence-corrected chi connectivity index (χ0v) is 11.9. The van der Waals surface area contributed by atoms with Crippen LogP contribution in [0.15, 0.2) is 6.20 Å². The number of nitrogens with one attached hydrogen (secondary N) is 1. The van der Waals surface area contributed by atoms with Crippen LogP contribution in [0.1, 0.15) is 42.7 Å². The van der Waals surface area contributed by atoms with E-state index in [1.165, 1.54) is 30.1 Å². The highest BCUT2D eigenvalue weighted by atomic mass is 16.4. The Morgan fingerprint density at radius 2 is 2.14 bits per heavy atom. The predicted octanol–water partition coefficient (Wildman–Crippen LogP) is 0.731. The van der Waals surface area contributed by atoms with Crippen molar-refractivity contribution in [2.24, 2.45) is 5.92 Å². The molecule has 3 rings (SSSR count). The third kappa shape index (κ3) is 2.70. The molecule has 1 saturated carbocycles. The summed E-state index contributed by atoms with van der Waals surface area (Å²) in [5.74, 6) is -0.482. The first-order valence-corrected chi connectivity index (χ1v) is 7.25. The van der Waals surface area contributed by atoms with E-state index in [0.29, 0.717) is 19.0 Å². The first kappa shape index (κ1) is 13.8. The smallest absolute Gasteiger partial charge is 0.358 e. The summed E-state index contributed by atoms with van der Waals surface area (Å²) in [6.07, 6.45) is 5.05. The number of aromatic carboxylic acids is 1. The number of carbonyl (C=O) groups excluding carboxylic acids is 1. The van der Waals surface area contributed by atoms with Crippen LogP contribution in [0.4, 0.5) is 4.79 Å². The molecule has 114 valence electrons. The molecule has 1 aliphatic carbocycles. The van der Waals surface area contributed by atoms with Gasteiger partial charge in [-0.05, 0) is 25.7 Å². The van der Waals surface area contributed by atoms with E-state index in [1.54, 1.807) is 4.90 Å². The second-order valence-electron chi connectivity index (χ2n) is 5.88. The molecular weight excluding hydrogens is 274 g/mol. The lowest BCUT2D eigenvalue weighted by Crippen LogP contribution is -2.56. The number of rotatable bonds is 4. The van der Waals surface area contributed by atoms with Crippen molar-refractivity contribution in [3.05, 3.63) is 11.9 Å². The molecule has 1 saturated heterocycles. The van der Waals surface area contributed by atoms with Crippen molar-refractivity contribution in [3.63, 3.8) is 0 Å². The van der Waals surface area contributed by atoms with Crippen LogP contribution in [0.2, 0.25) is 0 Å². The Hall–Kier alpha value is -2.12. The van der Waals surface area contributed by atoms with Crippen LogP contribution >= 0.6 is 0 Å². The maximum absolute atomic E-state index is 12.0. The lowest BCUT2D eigenvalue weighted by molar-refractivity contribution is 0.0690. The molecule has 8 heteroatoms. The van der Waals surface area contributed by atoms with Gasteiger partial charge in [0.15, 0.2) is 5.69 Å². The molecular formula is C13H19N5O3. The largest absolute Gasteiger partial charge is 0.476 e. The van der Waals surface area contributed by atoms with Crippen molar-refractivity contribution in [1.82, 2.24) is 25.2 Å². The molecule has 0 aromatic carbocycles. The molecule has 8 nitrogen and oxygen atoms in total. The van der Waals surface area contributed by atoms with Gasteiger partial charge in [-0.25, -0.2) is 14.3 Å². The molecule has 1 aromatic rings. The molecule has 2 N–H and O–H groups in total. The zero-order valence-electron chi connectivity index (χ0n) is 11.9. The highest BCUT2D eigenvalue weighted by Gasteiger charge is 2.34. The average Bonchev–Trinajstić information content (AvgIpc) is 2.73. The first-order chi connectivity index (χ1) is 10.0. The summed E-state index contributed by atoms with van der Waals surface area (Å²) in [6, 6.07) is 0.176. The van der Waals surface area contributed by atoms with Crippen LogP contribution in [-0.2, 0) is 0 Å². The quantitative estimate of drug-likeness (QED) is 0.852. The monoisotopic (exact) mass is 293 g/mol. The molecule has 0 radical (unpaired) electrons. The molecule has 1 aromatic heterocycles. The van der Waals surface area contributed by atoms with E-state index >= 15 is 0 Å². The van der Waals surface area contributed by atoms with E-state index in [1.807, 2.05) is 0 Å². The maximum Gasteiger partial charge on any atom is 0.358 e. The maximum atomic E-state index is 12.0. The van der Waals surface area contributed by atoms with E-state index in [2.05, 4.69) is 22.6 Å². The number of likely N-dealkylation sites (tertiary alicyclic amines) is 1. The fourth-order valence-electron chi connectivity index (χ4n) is 2.69. The standard InChI is InChI=1S/C13H19N5O3/c1-8(9-3-2-4-9)14-13(21)17-5-10(6-17)18-7-11(12(19)20)15-16-18/h7-10H,2-6H2,1H3,(H,14,21)(H,19,20). The zero-order chi connectivity index (χ0) is 15.0. The van der Waals surface area contributed by atoms with Crippen LogP contribution in [0.25, 0.3) is 0 Å². The third-order valence-corrected chi connectivity index (χ3v) is 4.46. The minimum Gasteiger partial charge on any atom is -0.476 e. The number of nitrogens with zero attached hydrogens (tertiary/aromatic N) is 4. The van der Waals surface area contributed by atoms with E-state index in [-0.39, 0.29) is 23.8 Å². The molecule has 21 heavy (non-hydrogen) atoms. The van der Waals surface area contributed by atoms with E-state index in [4.69, 9.17) is 5.11 Å². The fraction of sp³-hybridized carbons (Fsp3) is 0.692. The van der Waals surface area contributed by atoms with Gasteiger partial charge in [0.25, 0.3) is 0 Å². The van der Waals surface area contributed by atoms with Gasteiger partial charge in [0.2, 0.25) is 0 Å². The lowest BCUT2D eigenvalue weighted by atomic mass is 9.80. The molecule has 2 amide bonds. The van der Waals surface area contributed by atoms with Gasteiger partial charge in [0, 0.05) is 19.1 Å². The normalized spacial score (nSPS) is 20.5. The SMILES string of the molecule is CC(NC(=O)N1CC(n2cc(C(=O)O)nn2)C1)C1CCC1. The van der Waals surface area contributed by atoms with Crippen molar-refractivity contribution in [3.8, 4) is 0 Å². The molecule has 1 aliphatic heterocycles. The fourth-order valence-corrected chi connectivity index (χ4v) is 2.69. The number of urea groups is 1. The van der Waals surface area contributed by atoms with E-state index < -0.39 is 5.97 Å². The highest BCUT2D eigenvalue weighted by molar-refractivity contribution is 5.84. The summed E-state index contributed by atoms with van der Waals surface area (Å²) in [7, 11) is 0. The van der Waals surface area contributed by atoms with Crippen molar-refractivity contribution in [1.29, 1.82) is 0 Å². The summed E-state index contributed by atoms with van der Waals surface area (Å²) in [5, 5.41) is 19.2. The van der Waals surface area contributed by atoms with Crippen LogP contribution in [0.3, 0.4) is 0 Å². The van der Waals surface area contributed by atoms with Crippen LogP contribution in [0, 0.1) is 5.92 Å². The van der Waals surface area contributed by atoms with Crippen molar-refractivity contribution in [2.75, 3.05) is 13.1 Å². The van der Waals surface area contributed by atoms with E-state index in [9.17, 15) is 9.59 Å². The summed E-state index contributed by atoms with van der Waals surface area (Å²) >= 11 is 0. The minimum atomic E-state index is -1.09. The number of carboxylic acid groups (broad SMARTS) is 1. The first-order valence-electron chi connectivity index (χ1n) is 7.25. The summed E-state index contributed by atoms with van der Waals surface area (Å²) in [4.78, 5) is 24.5. The average molecular weight is 293 g/mol. The number of amides is 2. The van der Waals surface area contributed by atoms with Gasteiger partial charge in [-0.2, -0.15) is 0 Å². The summed E-state index contributed by atoms with van der Waals surface area (Å²) < 4.78 is 1.52. The van der Waals surface area contributed by atoms with Gasteiger partial charge in [-0.1, -0.05) is 11.6 Å². The van der Waals surface area contributed by atoms with Gasteiger partial charge in [0.1, 0.15) is 0 Å². The molecule has 1 unspecified atom stereocenters. The van der Waals surface area contributed by atoms with Gasteiger partial charge >= 0.3 is 12.0 Å². The Morgan fingerprint density at radius 3 is 2.67 bits per heavy atom. The van der Waals surface area contributed by atoms with Gasteiger partial charge in [-0.15, -0.1) is 5.10 Å². The van der Waals surface area contributed by atoms with Crippen LogP contribution in [0.5, 0.6) is 0 Å². The molecule has 0 spiro atoms. The second kappa shape index (κ2) is 5.34. The molecule has 2 fully saturated rings. The Kier molecular flexibility index (Phi) is 3.52. The van der Waals surface area contributed by atoms with E-state index in [0.717, 1.165) is 0 Å². The lowest BCUT2D eigenvalue weighted by Gasteiger charge is -2.40.